The van der Waals surface area contributed by atoms with Gasteiger partial charge in [0, 0.05) is 6.42 Å². The zero-order valence-electron chi connectivity index (χ0n) is 8.33. The molecule has 1 aromatic carbocycles. The number of hydroxylamine groups is 1. The fourth-order valence-electron chi connectivity index (χ4n) is 1.11. The van der Waals surface area contributed by atoms with Crippen molar-refractivity contribution in [2.75, 3.05) is 0 Å². The highest BCUT2D eigenvalue weighted by Crippen LogP contribution is 2.01. The van der Waals surface area contributed by atoms with Crippen LogP contribution < -0.4 is 5.48 Å². The van der Waals surface area contributed by atoms with E-state index in [1.54, 1.807) is 0 Å². The summed E-state index contributed by atoms with van der Waals surface area (Å²) in [5.74, 6) is 5.90. The highest BCUT2D eigenvalue weighted by Gasteiger charge is 1.90. The smallest absolute Gasteiger partial charge is 0.0898 e. The van der Waals surface area contributed by atoms with Gasteiger partial charge in [-0.15, -0.1) is 5.92 Å². The Hall–Kier alpha value is -1.30. The zero-order valence-corrected chi connectivity index (χ0v) is 8.33. The maximum atomic E-state index is 8.50. The topological polar surface area (TPSA) is 32.3 Å². The molecule has 14 heavy (non-hydrogen) atoms. The van der Waals surface area contributed by atoms with Crippen LogP contribution in [0.15, 0.2) is 30.3 Å². The highest BCUT2D eigenvalue weighted by molar-refractivity contribution is 5.16. The van der Waals surface area contributed by atoms with Crippen LogP contribution in [0.3, 0.4) is 0 Å². The monoisotopic (exact) mass is 189 g/mol. The van der Waals surface area contributed by atoms with Crippen molar-refractivity contribution in [2.45, 2.75) is 25.8 Å². The van der Waals surface area contributed by atoms with E-state index in [1.165, 1.54) is 5.56 Å². The van der Waals surface area contributed by atoms with E-state index in [0.717, 1.165) is 12.8 Å². The number of aryl methyl sites for hydroxylation is 1. The molecular weight excluding hydrogens is 174 g/mol. The molecule has 0 saturated carbocycles. The Morgan fingerprint density at radius 3 is 2.71 bits per heavy atom. The molecule has 1 rings (SSSR count). The number of rotatable bonds is 3. The molecule has 0 spiro atoms. The average molecular weight is 189 g/mol. The molecule has 0 saturated heterocycles. The van der Waals surface area contributed by atoms with Gasteiger partial charge in [0.2, 0.25) is 0 Å². The summed E-state index contributed by atoms with van der Waals surface area (Å²) in [6, 6.07) is 10.1. The fraction of sp³-hybridized carbons (Fsp3) is 0.333. The van der Waals surface area contributed by atoms with E-state index in [2.05, 4.69) is 29.5 Å². The van der Waals surface area contributed by atoms with E-state index in [0.29, 0.717) is 0 Å². The minimum absolute atomic E-state index is 0.147. The van der Waals surface area contributed by atoms with Crippen molar-refractivity contribution in [2.24, 2.45) is 0 Å². The molecule has 2 heteroatoms. The Morgan fingerprint density at radius 2 is 2.07 bits per heavy atom. The van der Waals surface area contributed by atoms with Gasteiger partial charge in [0.15, 0.2) is 0 Å². The predicted octanol–water partition coefficient (Wildman–Crippen LogP) is 1.99. The molecule has 0 bridgehead atoms. The molecule has 0 heterocycles. The summed E-state index contributed by atoms with van der Waals surface area (Å²) < 4.78 is 0. The number of hydrogen-bond donors (Lipinski definition) is 2. The lowest BCUT2D eigenvalue weighted by molar-refractivity contribution is 0.152. The van der Waals surface area contributed by atoms with Gasteiger partial charge in [0.05, 0.1) is 6.04 Å². The van der Waals surface area contributed by atoms with Gasteiger partial charge in [-0.1, -0.05) is 36.3 Å². The average Bonchev–Trinajstić information content (AvgIpc) is 2.25. The van der Waals surface area contributed by atoms with Crippen molar-refractivity contribution in [3.8, 4) is 11.8 Å². The van der Waals surface area contributed by atoms with Crippen LogP contribution in [0.25, 0.3) is 0 Å². The van der Waals surface area contributed by atoms with Crippen LogP contribution in [0.1, 0.15) is 18.9 Å². The van der Waals surface area contributed by atoms with E-state index < -0.39 is 0 Å². The lowest BCUT2D eigenvalue weighted by atomic mass is 10.1. The molecule has 1 aromatic rings. The first-order valence-corrected chi connectivity index (χ1v) is 4.75. The van der Waals surface area contributed by atoms with Crippen molar-refractivity contribution in [1.29, 1.82) is 0 Å². The second-order valence-electron chi connectivity index (χ2n) is 3.16. The molecule has 0 aliphatic rings. The van der Waals surface area contributed by atoms with Gasteiger partial charge < -0.3 is 5.21 Å². The quantitative estimate of drug-likeness (QED) is 0.563. The molecule has 0 unspecified atom stereocenters. The Morgan fingerprint density at radius 1 is 1.36 bits per heavy atom. The lowest BCUT2D eigenvalue weighted by Gasteiger charge is -1.97. The van der Waals surface area contributed by atoms with Gasteiger partial charge in [0.25, 0.3) is 0 Å². The van der Waals surface area contributed by atoms with Gasteiger partial charge in [-0.2, -0.15) is 5.48 Å². The minimum atomic E-state index is -0.147. The fourth-order valence-corrected chi connectivity index (χ4v) is 1.11. The zero-order chi connectivity index (χ0) is 10.2. The standard InChI is InChI=1S/C12H15NO/c1-11(13-14)7-5-6-10-12-8-3-2-4-9-12/h2-4,8-9,11,13-14H,6,10H2,1H3/t11-/m1/s1. The first kappa shape index (κ1) is 10.8. The van der Waals surface area contributed by atoms with Gasteiger partial charge in [-0.3, -0.25) is 0 Å². The third-order valence-electron chi connectivity index (χ3n) is 1.89. The van der Waals surface area contributed by atoms with Gasteiger partial charge in [-0.25, -0.2) is 0 Å². The van der Waals surface area contributed by atoms with E-state index in [1.807, 2.05) is 25.1 Å². The Kier molecular flexibility index (Phi) is 4.77. The van der Waals surface area contributed by atoms with Crippen LogP contribution in [0.2, 0.25) is 0 Å². The molecular formula is C12H15NO. The molecule has 0 amide bonds. The maximum absolute atomic E-state index is 8.50. The van der Waals surface area contributed by atoms with Crippen molar-refractivity contribution >= 4 is 0 Å². The first-order valence-electron chi connectivity index (χ1n) is 4.75. The summed E-state index contributed by atoms with van der Waals surface area (Å²) in [7, 11) is 0. The Balaban J connectivity index is 2.31. The van der Waals surface area contributed by atoms with Crippen molar-refractivity contribution < 1.29 is 5.21 Å². The van der Waals surface area contributed by atoms with Crippen LogP contribution in [0.4, 0.5) is 0 Å². The number of nitrogens with one attached hydrogen (secondary N) is 1. The third kappa shape index (κ3) is 4.08. The first-order chi connectivity index (χ1) is 6.83. The predicted molar refractivity (Wildman–Crippen MR) is 56.9 cm³/mol. The van der Waals surface area contributed by atoms with Crippen LogP contribution in [0, 0.1) is 11.8 Å². The molecule has 2 nitrogen and oxygen atoms in total. The Bertz CT molecular complexity index is 310. The van der Waals surface area contributed by atoms with Crippen LogP contribution in [0.5, 0.6) is 0 Å². The third-order valence-corrected chi connectivity index (χ3v) is 1.89. The number of benzene rings is 1. The summed E-state index contributed by atoms with van der Waals surface area (Å²) in [5.41, 5.74) is 3.39. The van der Waals surface area contributed by atoms with Crippen LogP contribution >= 0.6 is 0 Å². The Labute approximate surface area is 84.9 Å². The largest absolute Gasteiger partial charge is 0.316 e. The summed E-state index contributed by atoms with van der Waals surface area (Å²) in [6.45, 7) is 1.81. The van der Waals surface area contributed by atoms with Crippen LogP contribution in [-0.4, -0.2) is 11.2 Å². The second kappa shape index (κ2) is 6.20. The molecule has 2 N–H and O–H groups in total. The summed E-state index contributed by atoms with van der Waals surface area (Å²) >= 11 is 0. The van der Waals surface area contributed by atoms with Gasteiger partial charge >= 0.3 is 0 Å². The summed E-state index contributed by atoms with van der Waals surface area (Å²) in [6.07, 6.45) is 1.79. The minimum Gasteiger partial charge on any atom is -0.316 e. The van der Waals surface area contributed by atoms with E-state index >= 15 is 0 Å². The molecule has 1 atom stereocenters. The maximum Gasteiger partial charge on any atom is 0.0898 e. The lowest BCUT2D eigenvalue weighted by Crippen LogP contribution is -2.19. The van der Waals surface area contributed by atoms with Crippen LogP contribution in [-0.2, 0) is 6.42 Å². The summed E-state index contributed by atoms with van der Waals surface area (Å²) in [4.78, 5) is 0. The second-order valence-corrected chi connectivity index (χ2v) is 3.16. The van der Waals surface area contributed by atoms with E-state index in [9.17, 15) is 0 Å². The van der Waals surface area contributed by atoms with Gasteiger partial charge in [-0.05, 0) is 18.9 Å². The normalized spacial score (nSPS) is 11.6. The van der Waals surface area contributed by atoms with E-state index in [4.69, 9.17) is 5.21 Å². The summed E-state index contributed by atoms with van der Waals surface area (Å²) in [5, 5.41) is 8.50. The van der Waals surface area contributed by atoms with Crippen molar-refractivity contribution in [3.05, 3.63) is 35.9 Å². The molecule has 0 radical (unpaired) electrons. The van der Waals surface area contributed by atoms with E-state index in [-0.39, 0.29) is 6.04 Å². The van der Waals surface area contributed by atoms with Gasteiger partial charge in [0.1, 0.15) is 0 Å². The SMILES string of the molecule is C[C@H](C#CCCc1ccccc1)NO. The van der Waals surface area contributed by atoms with Crippen molar-refractivity contribution in [3.63, 3.8) is 0 Å². The molecule has 74 valence electrons. The molecule has 0 fully saturated rings. The van der Waals surface area contributed by atoms with Crippen molar-refractivity contribution in [1.82, 2.24) is 5.48 Å². The molecule has 0 aliphatic carbocycles. The highest BCUT2D eigenvalue weighted by atomic mass is 16.5. The molecule has 0 aliphatic heterocycles. The molecule has 0 aromatic heterocycles. The number of hydrogen-bond acceptors (Lipinski definition) is 2.